The highest BCUT2D eigenvalue weighted by Gasteiger charge is 2.11. The fourth-order valence-electron chi connectivity index (χ4n) is 1.67. The molecule has 0 aliphatic heterocycles. The van der Waals surface area contributed by atoms with Crippen LogP contribution in [-0.2, 0) is 11.3 Å². The highest BCUT2D eigenvalue weighted by Crippen LogP contribution is 2.19. The molecule has 3 nitrogen and oxygen atoms in total. The number of hydrogen-bond acceptors (Lipinski definition) is 3. The first kappa shape index (κ1) is 16.3. The standard InChI is InChI=1S/C13H18ClFN2OS/c1-18-8-7-17(6-5-12(16)19)9-10-3-2-4-11(14)13(10)15/h2-4H,5-9H2,1H3,(H2,16,19). The van der Waals surface area contributed by atoms with Crippen LogP contribution in [0.4, 0.5) is 4.39 Å². The van der Waals surface area contributed by atoms with Gasteiger partial charge >= 0.3 is 0 Å². The van der Waals surface area contributed by atoms with Crippen LogP contribution in [0.15, 0.2) is 18.2 Å². The normalized spacial score (nSPS) is 10.9. The second-order valence-electron chi connectivity index (χ2n) is 4.20. The summed E-state index contributed by atoms with van der Waals surface area (Å²) >= 11 is 10.6. The molecule has 0 saturated heterocycles. The summed E-state index contributed by atoms with van der Waals surface area (Å²) in [5, 5.41) is 0.138. The van der Waals surface area contributed by atoms with Gasteiger partial charge in [-0.1, -0.05) is 36.0 Å². The molecule has 19 heavy (non-hydrogen) atoms. The van der Waals surface area contributed by atoms with Crippen LogP contribution in [0.2, 0.25) is 5.02 Å². The Morgan fingerprint density at radius 1 is 1.47 bits per heavy atom. The third kappa shape index (κ3) is 5.82. The van der Waals surface area contributed by atoms with E-state index in [1.165, 1.54) is 6.07 Å². The van der Waals surface area contributed by atoms with Gasteiger partial charge in [-0.3, -0.25) is 4.90 Å². The number of rotatable bonds is 8. The summed E-state index contributed by atoms with van der Waals surface area (Å²) < 4.78 is 18.9. The van der Waals surface area contributed by atoms with Gasteiger partial charge in [-0.25, -0.2) is 4.39 Å². The zero-order valence-corrected chi connectivity index (χ0v) is 12.4. The quantitative estimate of drug-likeness (QED) is 0.749. The summed E-state index contributed by atoms with van der Waals surface area (Å²) in [4.78, 5) is 2.49. The van der Waals surface area contributed by atoms with E-state index in [2.05, 4.69) is 0 Å². The minimum atomic E-state index is -0.373. The fourth-order valence-corrected chi connectivity index (χ4v) is 1.96. The van der Waals surface area contributed by atoms with Gasteiger partial charge in [0.1, 0.15) is 5.82 Å². The van der Waals surface area contributed by atoms with Gasteiger partial charge in [0.05, 0.1) is 16.6 Å². The van der Waals surface area contributed by atoms with Crippen molar-refractivity contribution in [2.75, 3.05) is 26.8 Å². The minimum absolute atomic E-state index is 0.138. The van der Waals surface area contributed by atoms with Crippen molar-refractivity contribution in [3.8, 4) is 0 Å². The van der Waals surface area contributed by atoms with E-state index in [1.807, 2.05) is 4.90 Å². The smallest absolute Gasteiger partial charge is 0.146 e. The lowest BCUT2D eigenvalue weighted by molar-refractivity contribution is 0.145. The number of benzene rings is 1. The van der Waals surface area contributed by atoms with Crippen molar-refractivity contribution in [2.45, 2.75) is 13.0 Å². The Labute approximate surface area is 123 Å². The molecule has 1 aromatic rings. The molecule has 106 valence electrons. The first-order valence-corrected chi connectivity index (χ1v) is 6.75. The topological polar surface area (TPSA) is 38.5 Å². The van der Waals surface area contributed by atoms with E-state index in [4.69, 9.17) is 34.3 Å². The number of nitrogens with two attached hydrogens (primary N) is 1. The van der Waals surface area contributed by atoms with Gasteiger partial charge in [0.25, 0.3) is 0 Å². The van der Waals surface area contributed by atoms with Crippen molar-refractivity contribution in [1.82, 2.24) is 4.90 Å². The second kappa shape index (κ2) is 8.43. The van der Waals surface area contributed by atoms with Crippen LogP contribution in [0.3, 0.4) is 0 Å². The predicted octanol–water partition coefficient (Wildman–Crippen LogP) is 2.60. The molecule has 0 fully saturated rings. The van der Waals surface area contributed by atoms with Gasteiger partial charge in [0.15, 0.2) is 0 Å². The van der Waals surface area contributed by atoms with E-state index in [9.17, 15) is 4.39 Å². The van der Waals surface area contributed by atoms with Gasteiger partial charge in [-0.15, -0.1) is 0 Å². The molecule has 0 aliphatic rings. The van der Waals surface area contributed by atoms with E-state index in [0.717, 1.165) is 0 Å². The zero-order valence-electron chi connectivity index (χ0n) is 10.9. The summed E-state index contributed by atoms with van der Waals surface area (Å²) in [6.07, 6.45) is 0.598. The minimum Gasteiger partial charge on any atom is -0.393 e. The third-order valence-corrected chi connectivity index (χ3v) is 3.21. The van der Waals surface area contributed by atoms with Crippen LogP contribution in [-0.4, -0.2) is 36.7 Å². The lowest BCUT2D eigenvalue weighted by atomic mass is 10.2. The Bertz CT molecular complexity index is 431. The molecule has 0 aromatic heterocycles. The van der Waals surface area contributed by atoms with Crippen LogP contribution in [0.5, 0.6) is 0 Å². The van der Waals surface area contributed by atoms with Crippen LogP contribution < -0.4 is 5.73 Å². The summed E-state index contributed by atoms with van der Waals surface area (Å²) in [6, 6.07) is 5.00. The van der Waals surface area contributed by atoms with E-state index in [-0.39, 0.29) is 10.8 Å². The summed E-state index contributed by atoms with van der Waals surface area (Å²) in [6.45, 7) is 2.38. The number of thiocarbonyl (C=S) groups is 1. The van der Waals surface area contributed by atoms with Crippen molar-refractivity contribution in [3.05, 3.63) is 34.6 Å². The Balaban J connectivity index is 2.69. The summed E-state index contributed by atoms with van der Waals surface area (Å²) in [5.74, 6) is -0.373. The molecule has 0 atom stereocenters. The summed E-state index contributed by atoms with van der Waals surface area (Å²) in [7, 11) is 1.63. The number of methoxy groups -OCH3 is 1. The zero-order chi connectivity index (χ0) is 14.3. The van der Waals surface area contributed by atoms with Crippen molar-refractivity contribution < 1.29 is 9.13 Å². The SMILES string of the molecule is COCCN(CCC(N)=S)Cc1cccc(Cl)c1F. The average Bonchev–Trinajstić information content (AvgIpc) is 2.37. The fraction of sp³-hybridized carbons (Fsp3) is 0.462. The average molecular weight is 305 g/mol. The molecule has 1 aromatic carbocycles. The maximum Gasteiger partial charge on any atom is 0.146 e. The molecule has 6 heteroatoms. The van der Waals surface area contributed by atoms with Gasteiger partial charge in [-0.2, -0.15) is 0 Å². The van der Waals surface area contributed by atoms with Gasteiger partial charge in [0.2, 0.25) is 0 Å². The first-order valence-electron chi connectivity index (χ1n) is 5.97. The maximum absolute atomic E-state index is 13.8. The molecular formula is C13H18ClFN2OS. The van der Waals surface area contributed by atoms with Crippen molar-refractivity contribution in [3.63, 3.8) is 0 Å². The second-order valence-corrected chi connectivity index (χ2v) is 5.13. The first-order chi connectivity index (χ1) is 9.04. The molecule has 0 saturated carbocycles. The Morgan fingerprint density at radius 2 is 2.21 bits per heavy atom. The van der Waals surface area contributed by atoms with Crippen LogP contribution in [0.25, 0.3) is 0 Å². The monoisotopic (exact) mass is 304 g/mol. The largest absolute Gasteiger partial charge is 0.393 e. The number of ether oxygens (including phenoxy) is 1. The molecule has 0 heterocycles. The van der Waals surface area contributed by atoms with Crippen LogP contribution in [0.1, 0.15) is 12.0 Å². The third-order valence-electron chi connectivity index (χ3n) is 2.71. The van der Waals surface area contributed by atoms with Crippen LogP contribution >= 0.6 is 23.8 Å². The lowest BCUT2D eigenvalue weighted by Crippen LogP contribution is -2.30. The van der Waals surface area contributed by atoms with Gasteiger partial charge < -0.3 is 10.5 Å². The maximum atomic E-state index is 13.8. The Morgan fingerprint density at radius 3 is 2.84 bits per heavy atom. The van der Waals surface area contributed by atoms with E-state index < -0.39 is 0 Å². The lowest BCUT2D eigenvalue weighted by Gasteiger charge is -2.22. The molecule has 0 unspecified atom stereocenters. The molecule has 0 aliphatic carbocycles. The molecule has 0 bridgehead atoms. The molecule has 2 N–H and O–H groups in total. The number of nitrogens with zero attached hydrogens (tertiary/aromatic N) is 1. The molecule has 0 spiro atoms. The van der Waals surface area contributed by atoms with Gasteiger partial charge in [0, 0.05) is 38.7 Å². The predicted molar refractivity (Wildman–Crippen MR) is 80.0 cm³/mol. The van der Waals surface area contributed by atoms with Crippen LogP contribution in [0, 0.1) is 5.82 Å². The Hall–Kier alpha value is -0.750. The highest BCUT2D eigenvalue weighted by molar-refractivity contribution is 7.80. The van der Waals surface area contributed by atoms with E-state index in [0.29, 0.717) is 43.2 Å². The van der Waals surface area contributed by atoms with Crippen molar-refractivity contribution in [1.29, 1.82) is 0 Å². The number of hydrogen-bond donors (Lipinski definition) is 1. The molecule has 0 amide bonds. The highest BCUT2D eigenvalue weighted by atomic mass is 35.5. The van der Waals surface area contributed by atoms with Crippen molar-refractivity contribution in [2.24, 2.45) is 5.73 Å². The van der Waals surface area contributed by atoms with E-state index in [1.54, 1.807) is 19.2 Å². The van der Waals surface area contributed by atoms with Gasteiger partial charge in [-0.05, 0) is 6.07 Å². The number of halogens is 2. The molecule has 1 rings (SSSR count). The van der Waals surface area contributed by atoms with Crippen molar-refractivity contribution >= 4 is 28.8 Å². The molecule has 0 radical (unpaired) electrons. The summed E-state index contributed by atoms with van der Waals surface area (Å²) in [5.41, 5.74) is 6.06. The van der Waals surface area contributed by atoms with E-state index >= 15 is 0 Å². The Kier molecular flexibility index (Phi) is 7.23. The molecular weight excluding hydrogens is 287 g/mol.